The third kappa shape index (κ3) is 2.77. The molecule has 1 N–H and O–H groups in total. The van der Waals surface area contributed by atoms with Crippen molar-refractivity contribution >= 4 is 11.3 Å². The maximum absolute atomic E-state index is 5.62. The van der Waals surface area contributed by atoms with E-state index in [2.05, 4.69) is 15.7 Å². The summed E-state index contributed by atoms with van der Waals surface area (Å²) in [5, 5.41) is 5.43. The van der Waals surface area contributed by atoms with Gasteiger partial charge in [0.05, 0.1) is 17.8 Å². The highest BCUT2D eigenvalue weighted by atomic mass is 32.1. The SMILES string of the molecule is CNCC1(Cc2cscn2)CCCOC1. The van der Waals surface area contributed by atoms with Crippen LogP contribution in [0.25, 0.3) is 0 Å². The Labute approximate surface area is 94.9 Å². The van der Waals surface area contributed by atoms with Gasteiger partial charge in [-0.15, -0.1) is 11.3 Å². The molecule has 1 atom stereocenters. The third-order valence-corrected chi connectivity index (χ3v) is 3.63. The lowest BCUT2D eigenvalue weighted by Crippen LogP contribution is -2.41. The molecule has 1 fully saturated rings. The zero-order valence-electron chi connectivity index (χ0n) is 9.16. The van der Waals surface area contributed by atoms with Crippen LogP contribution < -0.4 is 5.32 Å². The molecule has 1 aliphatic rings. The molecule has 0 amide bonds. The molecule has 84 valence electrons. The van der Waals surface area contributed by atoms with E-state index >= 15 is 0 Å². The van der Waals surface area contributed by atoms with Crippen LogP contribution >= 0.6 is 11.3 Å². The molecule has 1 saturated heterocycles. The molecule has 0 aromatic carbocycles. The Kier molecular flexibility index (Phi) is 3.72. The van der Waals surface area contributed by atoms with E-state index in [4.69, 9.17) is 4.74 Å². The van der Waals surface area contributed by atoms with Gasteiger partial charge in [0.25, 0.3) is 0 Å². The van der Waals surface area contributed by atoms with Crippen LogP contribution in [0.15, 0.2) is 10.9 Å². The molecule has 0 aliphatic carbocycles. The first-order chi connectivity index (χ1) is 7.35. The molecule has 2 heterocycles. The highest BCUT2D eigenvalue weighted by Gasteiger charge is 2.32. The van der Waals surface area contributed by atoms with Gasteiger partial charge in [-0.2, -0.15) is 0 Å². The fourth-order valence-corrected chi connectivity index (χ4v) is 2.89. The molecular formula is C11H18N2OS. The van der Waals surface area contributed by atoms with Crippen LogP contribution in [0.3, 0.4) is 0 Å². The number of ether oxygens (including phenoxy) is 1. The Morgan fingerprint density at radius 1 is 1.67 bits per heavy atom. The highest BCUT2D eigenvalue weighted by Crippen LogP contribution is 2.31. The lowest BCUT2D eigenvalue weighted by atomic mass is 9.78. The van der Waals surface area contributed by atoms with Crippen molar-refractivity contribution < 1.29 is 4.74 Å². The molecule has 15 heavy (non-hydrogen) atoms. The summed E-state index contributed by atoms with van der Waals surface area (Å²) in [6.07, 6.45) is 3.45. The fourth-order valence-electron chi connectivity index (χ4n) is 2.34. The smallest absolute Gasteiger partial charge is 0.0794 e. The monoisotopic (exact) mass is 226 g/mol. The predicted molar refractivity (Wildman–Crippen MR) is 62.2 cm³/mol. The van der Waals surface area contributed by atoms with E-state index in [9.17, 15) is 0 Å². The topological polar surface area (TPSA) is 34.2 Å². The third-order valence-electron chi connectivity index (χ3n) is 3.00. The van der Waals surface area contributed by atoms with E-state index in [1.54, 1.807) is 11.3 Å². The standard InChI is InChI=1S/C11H18N2OS/c1-12-7-11(3-2-4-14-8-11)5-10-6-15-9-13-10/h6,9,12H,2-5,7-8H2,1H3. The normalized spacial score (nSPS) is 26.7. The van der Waals surface area contributed by atoms with Gasteiger partial charge in [0.1, 0.15) is 0 Å². The van der Waals surface area contributed by atoms with Crippen LogP contribution in [0.2, 0.25) is 0 Å². The van der Waals surface area contributed by atoms with Gasteiger partial charge >= 0.3 is 0 Å². The van der Waals surface area contributed by atoms with E-state index in [-0.39, 0.29) is 5.41 Å². The van der Waals surface area contributed by atoms with Crippen molar-refractivity contribution in [2.24, 2.45) is 5.41 Å². The van der Waals surface area contributed by atoms with Crippen LogP contribution in [0, 0.1) is 5.41 Å². The average Bonchev–Trinajstić information content (AvgIpc) is 2.72. The number of rotatable bonds is 4. The van der Waals surface area contributed by atoms with E-state index < -0.39 is 0 Å². The Bertz CT molecular complexity index is 275. The number of nitrogens with zero attached hydrogens (tertiary/aromatic N) is 1. The van der Waals surface area contributed by atoms with Crippen LogP contribution in [0.4, 0.5) is 0 Å². The van der Waals surface area contributed by atoms with E-state index in [1.165, 1.54) is 18.5 Å². The largest absolute Gasteiger partial charge is 0.381 e. The molecule has 1 aromatic rings. The molecule has 0 spiro atoms. The average molecular weight is 226 g/mol. The van der Waals surface area contributed by atoms with Crippen LogP contribution in [-0.4, -0.2) is 31.8 Å². The molecule has 3 nitrogen and oxygen atoms in total. The Morgan fingerprint density at radius 2 is 2.60 bits per heavy atom. The zero-order chi connectivity index (χ0) is 10.6. The summed E-state index contributed by atoms with van der Waals surface area (Å²) in [4.78, 5) is 4.37. The summed E-state index contributed by atoms with van der Waals surface area (Å²) in [5.74, 6) is 0. The van der Waals surface area contributed by atoms with Crippen molar-refractivity contribution in [2.45, 2.75) is 19.3 Å². The van der Waals surface area contributed by atoms with Gasteiger partial charge in [-0.1, -0.05) is 0 Å². The van der Waals surface area contributed by atoms with Crippen molar-refractivity contribution in [3.8, 4) is 0 Å². The first-order valence-electron chi connectivity index (χ1n) is 5.44. The first-order valence-corrected chi connectivity index (χ1v) is 6.38. The molecule has 0 bridgehead atoms. The highest BCUT2D eigenvalue weighted by molar-refractivity contribution is 7.07. The molecule has 0 radical (unpaired) electrons. The van der Waals surface area contributed by atoms with E-state index in [0.29, 0.717) is 0 Å². The van der Waals surface area contributed by atoms with Crippen LogP contribution in [0.1, 0.15) is 18.5 Å². The second-order valence-electron chi connectivity index (χ2n) is 4.34. The minimum atomic E-state index is 0.265. The van der Waals surface area contributed by atoms with E-state index in [1.807, 2.05) is 12.6 Å². The second-order valence-corrected chi connectivity index (χ2v) is 5.06. The van der Waals surface area contributed by atoms with Gasteiger partial charge in [-0.25, -0.2) is 4.98 Å². The second kappa shape index (κ2) is 5.05. The molecule has 2 rings (SSSR count). The molecule has 1 aliphatic heterocycles. The van der Waals surface area contributed by atoms with Gasteiger partial charge in [0, 0.05) is 23.9 Å². The molecule has 1 unspecified atom stereocenters. The lowest BCUT2D eigenvalue weighted by Gasteiger charge is -2.36. The van der Waals surface area contributed by atoms with Gasteiger partial charge in [-0.05, 0) is 26.3 Å². The minimum absolute atomic E-state index is 0.265. The maximum atomic E-state index is 5.62. The summed E-state index contributed by atoms with van der Waals surface area (Å²) >= 11 is 1.67. The zero-order valence-corrected chi connectivity index (χ0v) is 9.98. The van der Waals surface area contributed by atoms with Crippen molar-refractivity contribution in [1.82, 2.24) is 10.3 Å². The molecule has 4 heteroatoms. The number of hydrogen-bond donors (Lipinski definition) is 1. The summed E-state index contributed by atoms with van der Waals surface area (Å²) in [6, 6.07) is 0. The Hall–Kier alpha value is -0.450. The van der Waals surface area contributed by atoms with Gasteiger partial charge < -0.3 is 10.1 Å². The van der Waals surface area contributed by atoms with Gasteiger partial charge in [0.15, 0.2) is 0 Å². The first kappa shape index (κ1) is 11.0. The Morgan fingerprint density at radius 3 is 3.20 bits per heavy atom. The maximum Gasteiger partial charge on any atom is 0.0794 e. The minimum Gasteiger partial charge on any atom is -0.381 e. The van der Waals surface area contributed by atoms with Crippen molar-refractivity contribution in [3.63, 3.8) is 0 Å². The summed E-state index contributed by atoms with van der Waals surface area (Å²) in [6.45, 7) is 2.80. The van der Waals surface area contributed by atoms with Crippen LogP contribution in [0.5, 0.6) is 0 Å². The molecule has 1 aromatic heterocycles. The quantitative estimate of drug-likeness (QED) is 0.848. The van der Waals surface area contributed by atoms with Gasteiger partial charge in [-0.3, -0.25) is 0 Å². The lowest BCUT2D eigenvalue weighted by molar-refractivity contribution is -0.00665. The number of aromatic nitrogens is 1. The fraction of sp³-hybridized carbons (Fsp3) is 0.727. The summed E-state index contributed by atoms with van der Waals surface area (Å²) in [7, 11) is 2.01. The predicted octanol–water partition coefficient (Wildman–Crippen LogP) is 1.70. The number of hydrogen-bond acceptors (Lipinski definition) is 4. The molecule has 0 saturated carbocycles. The van der Waals surface area contributed by atoms with Crippen molar-refractivity contribution in [2.75, 3.05) is 26.8 Å². The van der Waals surface area contributed by atoms with Crippen LogP contribution in [-0.2, 0) is 11.2 Å². The van der Waals surface area contributed by atoms with Crippen molar-refractivity contribution in [3.05, 3.63) is 16.6 Å². The number of nitrogens with one attached hydrogen (secondary N) is 1. The van der Waals surface area contributed by atoms with Gasteiger partial charge in [0.2, 0.25) is 0 Å². The van der Waals surface area contributed by atoms with E-state index in [0.717, 1.165) is 26.2 Å². The Balaban J connectivity index is 2.04. The molecular weight excluding hydrogens is 208 g/mol. The van der Waals surface area contributed by atoms with Crippen molar-refractivity contribution in [1.29, 1.82) is 0 Å². The summed E-state index contributed by atoms with van der Waals surface area (Å²) < 4.78 is 5.62. The number of thiazole rings is 1. The summed E-state index contributed by atoms with van der Waals surface area (Å²) in [5.41, 5.74) is 3.38.